The van der Waals surface area contributed by atoms with Crippen molar-refractivity contribution in [2.24, 2.45) is 0 Å². The largest absolute Gasteiger partial charge is 0.435 e. The van der Waals surface area contributed by atoms with Gasteiger partial charge in [0.1, 0.15) is 5.75 Å². The highest BCUT2D eigenvalue weighted by atomic mass is 19.3. The van der Waals surface area contributed by atoms with Gasteiger partial charge in [-0.2, -0.15) is 8.78 Å². The van der Waals surface area contributed by atoms with E-state index >= 15 is 0 Å². The van der Waals surface area contributed by atoms with Crippen molar-refractivity contribution in [1.29, 1.82) is 0 Å². The van der Waals surface area contributed by atoms with Crippen LogP contribution in [0.3, 0.4) is 0 Å². The van der Waals surface area contributed by atoms with E-state index in [0.717, 1.165) is 12.8 Å². The molecule has 2 aromatic rings. The molecule has 116 valence electrons. The van der Waals surface area contributed by atoms with E-state index in [1.807, 2.05) is 24.3 Å². The molecule has 0 saturated carbocycles. The quantitative estimate of drug-likeness (QED) is 0.853. The van der Waals surface area contributed by atoms with Gasteiger partial charge in [0, 0.05) is 11.3 Å². The van der Waals surface area contributed by atoms with Crippen LogP contribution in [0.5, 0.6) is 5.75 Å². The van der Waals surface area contributed by atoms with Crippen LogP contribution in [0.4, 0.5) is 14.5 Å². The number of nitrogens with one attached hydrogen (secondary N) is 1. The van der Waals surface area contributed by atoms with Gasteiger partial charge >= 0.3 is 6.61 Å². The summed E-state index contributed by atoms with van der Waals surface area (Å²) in [7, 11) is 0. The second kappa shape index (κ2) is 7.54. The Hall–Kier alpha value is -2.43. The van der Waals surface area contributed by atoms with Gasteiger partial charge in [-0.3, -0.25) is 4.79 Å². The first-order valence-corrected chi connectivity index (χ1v) is 7.03. The molecule has 3 nitrogen and oxygen atoms in total. The molecular formula is C17H17F2NO2. The van der Waals surface area contributed by atoms with Crippen molar-refractivity contribution in [3.05, 3.63) is 59.7 Å². The van der Waals surface area contributed by atoms with Crippen LogP contribution in [0.1, 0.15) is 29.3 Å². The smallest absolute Gasteiger partial charge is 0.387 e. The third kappa shape index (κ3) is 4.55. The van der Waals surface area contributed by atoms with Crippen LogP contribution in [-0.2, 0) is 6.42 Å². The van der Waals surface area contributed by atoms with Crippen LogP contribution < -0.4 is 10.1 Å². The van der Waals surface area contributed by atoms with Crippen molar-refractivity contribution in [1.82, 2.24) is 0 Å². The number of hydrogen-bond donors (Lipinski definition) is 1. The Balaban J connectivity index is 2.05. The summed E-state index contributed by atoms with van der Waals surface area (Å²) in [6, 6.07) is 13.3. The number of anilines is 1. The van der Waals surface area contributed by atoms with Crippen LogP contribution in [0.25, 0.3) is 0 Å². The van der Waals surface area contributed by atoms with Crippen LogP contribution in [0.15, 0.2) is 48.5 Å². The van der Waals surface area contributed by atoms with Gasteiger partial charge in [-0.1, -0.05) is 31.5 Å². The maximum absolute atomic E-state index is 12.2. The molecule has 0 aliphatic carbocycles. The first-order chi connectivity index (χ1) is 10.6. The second-order valence-electron chi connectivity index (χ2n) is 4.81. The fourth-order valence-corrected chi connectivity index (χ4v) is 2.06. The number of hydrogen-bond acceptors (Lipinski definition) is 2. The predicted molar refractivity (Wildman–Crippen MR) is 81.5 cm³/mol. The Morgan fingerprint density at radius 3 is 2.55 bits per heavy atom. The zero-order valence-corrected chi connectivity index (χ0v) is 12.2. The summed E-state index contributed by atoms with van der Waals surface area (Å²) in [5.74, 6) is -0.413. The fraction of sp³-hybridized carbons (Fsp3) is 0.235. The zero-order valence-electron chi connectivity index (χ0n) is 12.2. The van der Waals surface area contributed by atoms with Gasteiger partial charge < -0.3 is 10.1 Å². The minimum atomic E-state index is -2.91. The predicted octanol–water partition coefficient (Wildman–Crippen LogP) is 4.49. The number of carbonyl (C=O) groups is 1. The average molecular weight is 305 g/mol. The highest BCUT2D eigenvalue weighted by molar-refractivity contribution is 6.04. The highest BCUT2D eigenvalue weighted by Gasteiger charge is 2.09. The maximum atomic E-state index is 12.2. The standard InChI is InChI=1S/C17H17F2NO2/c1-2-4-12-7-9-14(10-8-12)20-16(21)13-5-3-6-15(11-13)22-17(18)19/h3,5-11,17H,2,4H2,1H3,(H,20,21). The lowest BCUT2D eigenvalue weighted by Crippen LogP contribution is -2.12. The Kier molecular flexibility index (Phi) is 5.47. The first kappa shape index (κ1) is 15.9. The van der Waals surface area contributed by atoms with Crippen LogP contribution in [0, 0.1) is 0 Å². The number of halogens is 2. The van der Waals surface area contributed by atoms with Gasteiger partial charge in [0.15, 0.2) is 0 Å². The number of rotatable bonds is 6. The van der Waals surface area contributed by atoms with Crippen molar-refractivity contribution in [2.45, 2.75) is 26.4 Å². The average Bonchev–Trinajstić information content (AvgIpc) is 2.49. The fourth-order valence-electron chi connectivity index (χ4n) is 2.06. The number of carbonyl (C=O) groups excluding carboxylic acids is 1. The molecule has 0 unspecified atom stereocenters. The SMILES string of the molecule is CCCc1ccc(NC(=O)c2cccc(OC(F)F)c2)cc1. The molecule has 1 N–H and O–H groups in total. The Morgan fingerprint density at radius 2 is 1.91 bits per heavy atom. The lowest BCUT2D eigenvalue weighted by atomic mass is 10.1. The lowest BCUT2D eigenvalue weighted by molar-refractivity contribution is -0.0498. The molecule has 0 saturated heterocycles. The number of amides is 1. The van der Waals surface area contributed by atoms with E-state index in [9.17, 15) is 13.6 Å². The highest BCUT2D eigenvalue weighted by Crippen LogP contribution is 2.18. The number of aryl methyl sites for hydroxylation is 1. The van der Waals surface area contributed by atoms with E-state index in [1.165, 1.54) is 23.8 Å². The first-order valence-electron chi connectivity index (χ1n) is 7.03. The van der Waals surface area contributed by atoms with Gasteiger partial charge in [0.2, 0.25) is 0 Å². The molecule has 0 bridgehead atoms. The van der Waals surface area contributed by atoms with Crippen LogP contribution in [-0.4, -0.2) is 12.5 Å². The van der Waals surface area contributed by atoms with E-state index in [1.54, 1.807) is 6.07 Å². The van der Waals surface area contributed by atoms with E-state index < -0.39 is 6.61 Å². The van der Waals surface area contributed by atoms with E-state index in [4.69, 9.17) is 0 Å². The molecule has 2 aromatic carbocycles. The molecule has 5 heteroatoms. The molecule has 2 rings (SSSR count). The van der Waals surface area contributed by atoms with E-state index in [2.05, 4.69) is 17.0 Å². The van der Waals surface area contributed by atoms with Crippen LogP contribution in [0.2, 0.25) is 0 Å². The summed E-state index contributed by atoms with van der Waals surface area (Å²) in [6.45, 7) is -0.811. The molecule has 0 spiro atoms. The molecule has 0 radical (unpaired) electrons. The number of benzene rings is 2. The van der Waals surface area contributed by atoms with Gasteiger partial charge in [0.05, 0.1) is 0 Å². The minimum Gasteiger partial charge on any atom is -0.435 e. The van der Waals surface area contributed by atoms with Crippen molar-refractivity contribution < 1.29 is 18.3 Å². The van der Waals surface area contributed by atoms with Crippen LogP contribution >= 0.6 is 0 Å². The number of alkyl halides is 2. The molecule has 0 heterocycles. The summed E-state index contributed by atoms with van der Waals surface area (Å²) in [5, 5.41) is 2.73. The minimum absolute atomic E-state index is 0.0408. The number of ether oxygens (including phenoxy) is 1. The normalized spacial score (nSPS) is 10.5. The van der Waals surface area contributed by atoms with Gasteiger partial charge in [-0.25, -0.2) is 0 Å². The molecule has 0 aromatic heterocycles. The molecule has 0 aliphatic heterocycles. The lowest BCUT2D eigenvalue weighted by Gasteiger charge is -2.08. The van der Waals surface area contributed by atoms with E-state index in [0.29, 0.717) is 5.69 Å². The Labute approximate surface area is 127 Å². The van der Waals surface area contributed by atoms with Crippen molar-refractivity contribution >= 4 is 11.6 Å². The monoisotopic (exact) mass is 305 g/mol. The van der Waals surface area contributed by atoms with Gasteiger partial charge in [-0.05, 0) is 42.3 Å². The maximum Gasteiger partial charge on any atom is 0.387 e. The van der Waals surface area contributed by atoms with Gasteiger partial charge in [-0.15, -0.1) is 0 Å². The third-order valence-electron chi connectivity index (χ3n) is 3.07. The zero-order chi connectivity index (χ0) is 15.9. The molecule has 0 atom stereocenters. The molecule has 22 heavy (non-hydrogen) atoms. The molecule has 0 aliphatic rings. The second-order valence-corrected chi connectivity index (χ2v) is 4.81. The Morgan fingerprint density at radius 1 is 1.18 bits per heavy atom. The van der Waals surface area contributed by atoms with Crippen molar-refractivity contribution in [3.8, 4) is 5.75 Å². The molecule has 0 fully saturated rings. The summed E-state index contributed by atoms with van der Waals surface area (Å²) >= 11 is 0. The summed E-state index contributed by atoms with van der Waals surface area (Å²) in [5.41, 5.74) is 2.12. The Bertz CT molecular complexity index is 627. The summed E-state index contributed by atoms with van der Waals surface area (Å²) in [6.07, 6.45) is 2.05. The molecular weight excluding hydrogens is 288 g/mol. The summed E-state index contributed by atoms with van der Waals surface area (Å²) < 4.78 is 28.6. The van der Waals surface area contributed by atoms with Gasteiger partial charge in [0.25, 0.3) is 5.91 Å². The third-order valence-corrected chi connectivity index (χ3v) is 3.07. The summed E-state index contributed by atoms with van der Waals surface area (Å²) in [4.78, 5) is 12.1. The van der Waals surface area contributed by atoms with E-state index in [-0.39, 0.29) is 17.2 Å². The van der Waals surface area contributed by atoms with Crippen molar-refractivity contribution in [3.63, 3.8) is 0 Å². The van der Waals surface area contributed by atoms with Crippen molar-refractivity contribution in [2.75, 3.05) is 5.32 Å². The topological polar surface area (TPSA) is 38.3 Å². The molecule has 1 amide bonds.